The Morgan fingerprint density at radius 2 is 1.85 bits per heavy atom. The SMILES string of the molecule is CC(CN1CCN(C)CC1)Nc1nc(-c2cccnc2)nc2ccccc12. The van der Waals surface area contributed by atoms with Gasteiger partial charge in [-0.15, -0.1) is 0 Å². The van der Waals surface area contributed by atoms with Gasteiger partial charge in [-0.25, -0.2) is 9.97 Å². The minimum Gasteiger partial charge on any atom is -0.366 e. The van der Waals surface area contributed by atoms with Crippen LogP contribution in [0.25, 0.3) is 22.3 Å². The van der Waals surface area contributed by atoms with Gasteiger partial charge in [-0.2, -0.15) is 0 Å². The number of benzene rings is 1. The Balaban J connectivity index is 1.58. The van der Waals surface area contributed by atoms with Crippen LogP contribution >= 0.6 is 0 Å². The molecule has 3 heterocycles. The van der Waals surface area contributed by atoms with Gasteiger partial charge in [0.25, 0.3) is 0 Å². The second-order valence-electron chi connectivity index (χ2n) is 7.30. The van der Waals surface area contributed by atoms with E-state index < -0.39 is 0 Å². The van der Waals surface area contributed by atoms with Crippen LogP contribution in [0.4, 0.5) is 5.82 Å². The number of piperazine rings is 1. The molecule has 1 aromatic carbocycles. The summed E-state index contributed by atoms with van der Waals surface area (Å²) in [5, 5.41) is 4.68. The van der Waals surface area contributed by atoms with E-state index in [1.807, 2.05) is 36.5 Å². The molecule has 0 amide bonds. The molecule has 0 radical (unpaired) electrons. The highest BCUT2D eigenvalue weighted by atomic mass is 15.3. The lowest BCUT2D eigenvalue weighted by Gasteiger charge is -2.34. The van der Waals surface area contributed by atoms with E-state index >= 15 is 0 Å². The standard InChI is InChI=1S/C21H26N6/c1-16(15-27-12-10-26(2)11-13-27)23-21-18-7-3-4-8-19(18)24-20(25-21)17-6-5-9-22-14-17/h3-9,14,16H,10-13,15H2,1-2H3,(H,23,24,25). The molecular formula is C21H26N6. The van der Waals surface area contributed by atoms with Gasteiger partial charge in [-0.1, -0.05) is 12.1 Å². The van der Waals surface area contributed by atoms with Gasteiger partial charge in [-0.05, 0) is 38.2 Å². The van der Waals surface area contributed by atoms with E-state index in [-0.39, 0.29) is 0 Å². The molecular weight excluding hydrogens is 336 g/mol. The molecule has 1 N–H and O–H groups in total. The molecule has 1 unspecified atom stereocenters. The highest BCUT2D eigenvalue weighted by molar-refractivity contribution is 5.90. The van der Waals surface area contributed by atoms with Crippen LogP contribution in [0.1, 0.15) is 6.92 Å². The lowest BCUT2D eigenvalue weighted by molar-refractivity contribution is 0.151. The Kier molecular flexibility index (Phi) is 5.27. The first-order valence-electron chi connectivity index (χ1n) is 9.53. The molecule has 1 aliphatic heterocycles. The van der Waals surface area contributed by atoms with E-state index in [1.54, 1.807) is 6.20 Å². The number of likely N-dealkylation sites (N-methyl/N-ethyl adjacent to an activating group) is 1. The van der Waals surface area contributed by atoms with Crippen molar-refractivity contribution in [2.45, 2.75) is 13.0 Å². The third-order valence-corrected chi connectivity index (χ3v) is 5.03. The summed E-state index contributed by atoms with van der Waals surface area (Å²) in [6.07, 6.45) is 3.57. The third-order valence-electron chi connectivity index (χ3n) is 5.03. The largest absolute Gasteiger partial charge is 0.366 e. The first-order valence-corrected chi connectivity index (χ1v) is 9.53. The van der Waals surface area contributed by atoms with Gasteiger partial charge < -0.3 is 10.2 Å². The Morgan fingerprint density at radius 1 is 1.04 bits per heavy atom. The maximum absolute atomic E-state index is 4.83. The van der Waals surface area contributed by atoms with Crippen molar-refractivity contribution in [2.24, 2.45) is 0 Å². The third kappa shape index (κ3) is 4.23. The second-order valence-corrected chi connectivity index (χ2v) is 7.30. The van der Waals surface area contributed by atoms with Crippen LogP contribution in [-0.4, -0.2) is 70.6 Å². The number of para-hydroxylation sites is 1. The van der Waals surface area contributed by atoms with E-state index in [1.165, 1.54) is 0 Å². The van der Waals surface area contributed by atoms with Crippen molar-refractivity contribution in [1.82, 2.24) is 24.8 Å². The van der Waals surface area contributed by atoms with Crippen molar-refractivity contribution >= 4 is 16.7 Å². The fourth-order valence-electron chi connectivity index (χ4n) is 3.51. The molecule has 1 fully saturated rings. The Morgan fingerprint density at radius 3 is 2.63 bits per heavy atom. The van der Waals surface area contributed by atoms with Crippen molar-refractivity contribution in [1.29, 1.82) is 0 Å². The first-order chi connectivity index (χ1) is 13.2. The maximum Gasteiger partial charge on any atom is 0.163 e. The van der Waals surface area contributed by atoms with Crippen molar-refractivity contribution in [3.05, 3.63) is 48.8 Å². The van der Waals surface area contributed by atoms with Crippen molar-refractivity contribution < 1.29 is 0 Å². The molecule has 27 heavy (non-hydrogen) atoms. The molecule has 0 saturated carbocycles. The number of aromatic nitrogens is 3. The van der Waals surface area contributed by atoms with E-state index in [0.29, 0.717) is 11.9 Å². The second kappa shape index (κ2) is 7.98. The number of rotatable bonds is 5. The molecule has 6 heteroatoms. The molecule has 1 aliphatic rings. The number of pyridine rings is 1. The van der Waals surface area contributed by atoms with E-state index in [2.05, 4.69) is 40.1 Å². The van der Waals surface area contributed by atoms with Crippen LogP contribution in [-0.2, 0) is 0 Å². The Labute approximate surface area is 160 Å². The summed E-state index contributed by atoms with van der Waals surface area (Å²) in [7, 11) is 2.19. The highest BCUT2D eigenvalue weighted by Crippen LogP contribution is 2.25. The van der Waals surface area contributed by atoms with Gasteiger partial charge in [0, 0.05) is 62.1 Å². The highest BCUT2D eigenvalue weighted by Gasteiger charge is 2.17. The van der Waals surface area contributed by atoms with Crippen LogP contribution < -0.4 is 5.32 Å². The predicted octanol–water partition coefficient (Wildman–Crippen LogP) is 2.74. The van der Waals surface area contributed by atoms with Crippen molar-refractivity contribution in [2.75, 3.05) is 45.1 Å². The zero-order valence-electron chi connectivity index (χ0n) is 16.0. The number of hydrogen-bond acceptors (Lipinski definition) is 6. The lowest BCUT2D eigenvalue weighted by atomic mass is 10.2. The number of nitrogens with zero attached hydrogens (tertiary/aromatic N) is 5. The molecule has 6 nitrogen and oxygen atoms in total. The van der Waals surface area contributed by atoms with Crippen LogP contribution in [0.2, 0.25) is 0 Å². The van der Waals surface area contributed by atoms with Gasteiger partial charge >= 0.3 is 0 Å². The fraction of sp³-hybridized carbons (Fsp3) is 0.381. The van der Waals surface area contributed by atoms with Crippen LogP contribution in [0.5, 0.6) is 0 Å². The average molecular weight is 362 g/mol. The topological polar surface area (TPSA) is 57.2 Å². The number of anilines is 1. The summed E-state index contributed by atoms with van der Waals surface area (Å²) in [4.78, 5) is 18.7. The smallest absolute Gasteiger partial charge is 0.163 e. The minimum atomic E-state index is 0.300. The first kappa shape index (κ1) is 17.8. The quantitative estimate of drug-likeness (QED) is 0.753. The summed E-state index contributed by atoms with van der Waals surface area (Å²) >= 11 is 0. The van der Waals surface area contributed by atoms with Gasteiger partial charge in [-0.3, -0.25) is 9.88 Å². The molecule has 1 saturated heterocycles. The van der Waals surface area contributed by atoms with Gasteiger partial charge in [0.2, 0.25) is 0 Å². The maximum atomic E-state index is 4.83. The van der Waals surface area contributed by atoms with E-state index in [9.17, 15) is 0 Å². The number of nitrogens with one attached hydrogen (secondary N) is 1. The Bertz CT molecular complexity index is 890. The number of fused-ring (bicyclic) bond motifs is 1. The van der Waals surface area contributed by atoms with Crippen molar-refractivity contribution in [3.8, 4) is 11.4 Å². The lowest BCUT2D eigenvalue weighted by Crippen LogP contribution is -2.47. The van der Waals surface area contributed by atoms with Crippen LogP contribution in [0.3, 0.4) is 0 Å². The molecule has 0 aliphatic carbocycles. The van der Waals surface area contributed by atoms with Gasteiger partial charge in [0.05, 0.1) is 5.52 Å². The fourth-order valence-corrected chi connectivity index (χ4v) is 3.51. The zero-order chi connectivity index (χ0) is 18.6. The average Bonchev–Trinajstić information content (AvgIpc) is 2.70. The molecule has 2 aromatic heterocycles. The normalized spacial score (nSPS) is 17.1. The predicted molar refractivity (Wildman–Crippen MR) is 110 cm³/mol. The zero-order valence-corrected chi connectivity index (χ0v) is 16.0. The van der Waals surface area contributed by atoms with Gasteiger partial charge in [0.15, 0.2) is 5.82 Å². The van der Waals surface area contributed by atoms with Crippen molar-refractivity contribution in [3.63, 3.8) is 0 Å². The summed E-state index contributed by atoms with van der Waals surface area (Å²) in [5.74, 6) is 1.59. The molecule has 4 rings (SSSR count). The Hall–Kier alpha value is -2.57. The summed E-state index contributed by atoms with van der Waals surface area (Å²) in [6.45, 7) is 7.73. The number of hydrogen-bond donors (Lipinski definition) is 1. The summed E-state index contributed by atoms with van der Waals surface area (Å²) in [6, 6.07) is 12.4. The van der Waals surface area contributed by atoms with E-state index in [0.717, 1.165) is 55.0 Å². The summed E-state index contributed by atoms with van der Waals surface area (Å²) in [5.41, 5.74) is 1.87. The molecule has 3 aromatic rings. The molecule has 0 bridgehead atoms. The molecule has 140 valence electrons. The van der Waals surface area contributed by atoms with E-state index in [4.69, 9.17) is 9.97 Å². The van der Waals surface area contributed by atoms with Crippen LogP contribution in [0, 0.1) is 0 Å². The van der Waals surface area contributed by atoms with Crippen LogP contribution in [0.15, 0.2) is 48.8 Å². The minimum absolute atomic E-state index is 0.300. The molecule has 0 spiro atoms. The molecule has 1 atom stereocenters. The summed E-state index contributed by atoms with van der Waals surface area (Å²) < 4.78 is 0. The monoisotopic (exact) mass is 362 g/mol. The van der Waals surface area contributed by atoms with Gasteiger partial charge in [0.1, 0.15) is 5.82 Å².